The number of carbonyl (C=O) groups is 1. The van der Waals surface area contributed by atoms with E-state index in [0.29, 0.717) is 10.2 Å². The average molecular weight is 377 g/mol. The van der Waals surface area contributed by atoms with Crippen molar-refractivity contribution in [3.8, 4) is 0 Å². The maximum Gasteiger partial charge on any atom is 0.232 e. The fraction of sp³-hybridized carbons (Fsp3) is 0.500. The third-order valence-corrected chi connectivity index (χ3v) is 4.43. The Labute approximate surface area is 134 Å². The summed E-state index contributed by atoms with van der Waals surface area (Å²) in [6.07, 6.45) is 1.24. The molecule has 0 aromatic heterocycles. The number of para-hydroxylation sites is 1. The first-order chi connectivity index (χ1) is 9.50. The molecule has 0 aliphatic carbocycles. The monoisotopic (exact) mass is 376 g/mol. The molecule has 0 heterocycles. The average Bonchev–Trinajstić information content (AvgIpc) is 2.27. The topological polar surface area (TPSA) is 66.5 Å². The lowest BCUT2D eigenvalue weighted by molar-refractivity contribution is -0.122. The Morgan fingerprint density at radius 3 is 2.33 bits per heavy atom. The van der Waals surface area contributed by atoms with Gasteiger partial charge in [-0.25, -0.2) is 8.42 Å². The molecule has 0 fully saturated rings. The van der Waals surface area contributed by atoms with E-state index >= 15 is 0 Å². The van der Waals surface area contributed by atoms with Crippen LogP contribution in [0, 0.1) is 0 Å². The Balaban J connectivity index is 2.88. The number of benzene rings is 1. The van der Waals surface area contributed by atoms with Crippen LogP contribution in [-0.4, -0.2) is 32.7 Å². The fourth-order valence-electron chi connectivity index (χ4n) is 1.80. The van der Waals surface area contributed by atoms with E-state index in [4.69, 9.17) is 0 Å². The quantitative estimate of drug-likeness (QED) is 0.858. The molecule has 0 saturated heterocycles. The number of amides is 1. The van der Waals surface area contributed by atoms with Gasteiger partial charge in [0.15, 0.2) is 0 Å². The molecule has 0 radical (unpaired) electrons. The van der Waals surface area contributed by atoms with Gasteiger partial charge in [0.2, 0.25) is 15.9 Å². The van der Waals surface area contributed by atoms with E-state index < -0.39 is 10.0 Å². The van der Waals surface area contributed by atoms with Gasteiger partial charge >= 0.3 is 0 Å². The third-order valence-electron chi connectivity index (χ3n) is 2.58. The molecule has 1 aromatic carbocycles. The summed E-state index contributed by atoms with van der Waals surface area (Å²) < 4.78 is 25.8. The van der Waals surface area contributed by atoms with Crippen molar-refractivity contribution >= 4 is 37.5 Å². The van der Waals surface area contributed by atoms with Crippen molar-refractivity contribution in [2.45, 2.75) is 32.7 Å². The summed E-state index contributed by atoms with van der Waals surface area (Å²) in [5.74, 6) is -0.178. The lowest BCUT2D eigenvalue weighted by Gasteiger charge is -2.25. The van der Waals surface area contributed by atoms with E-state index in [0.717, 1.165) is 6.26 Å². The zero-order valence-corrected chi connectivity index (χ0v) is 15.1. The maximum absolute atomic E-state index is 12.0. The molecule has 0 unspecified atom stereocenters. The molecule has 5 nitrogen and oxygen atoms in total. The number of hydrogen-bond donors (Lipinski definition) is 1. The van der Waals surface area contributed by atoms with Gasteiger partial charge in [0.1, 0.15) is 0 Å². The SMILES string of the molecule is CC(C)(C)NC(=O)CCN(c1ccccc1Br)S(C)(=O)=O. The molecule has 0 aliphatic heterocycles. The maximum atomic E-state index is 12.0. The zero-order valence-electron chi connectivity index (χ0n) is 12.7. The van der Waals surface area contributed by atoms with Crippen LogP contribution in [0.15, 0.2) is 28.7 Å². The van der Waals surface area contributed by atoms with Crippen LogP contribution in [0.2, 0.25) is 0 Å². The number of halogens is 1. The van der Waals surface area contributed by atoms with E-state index in [9.17, 15) is 13.2 Å². The molecule has 1 aromatic rings. The second-order valence-electron chi connectivity index (χ2n) is 5.83. The molecular formula is C14H21BrN2O3S. The highest BCUT2D eigenvalue weighted by molar-refractivity contribution is 9.10. The Morgan fingerprint density at radius 1 is 1.29 bits per heavy atom. The van der Waals surface area contributed by atoms with Gasteiger partial charge in [-0.2, -0.15) is 0 Å². The molecule has 0 aliphatic rings. The first-order valence-corrected chi connectivity index (χ1v) is 9.18. The van der Waals surface area contributed by atoms with Crippen LogP contribution in [0.4, 0.5) is 5.69 Å². The van der Waals surface area contributed by atoms with E-state index in [1.165, 1.54) is 4.31 Å². The normalized spacial score (nSPS) is 12.0. The van der Waals surface area contributed by atoms with Crippen molar-refractivity contribution < 1.29 is 13.2 Å². The van der Waals surface area contributed by atoms with E-state index in [1.807, 2.05) is 20.8 Å². The Bertz CT molecular complexity index is 609. The highest BCUT2D eigenvalue weighted by atomic mass is 79.9. The molecule has 7 heteroatoms. The Morgan fingerprint density at radius 2 is 1.86 bits per heavy atom. The van der Waals surface area contributed by atoms with Crippen LogP contribution < -0.4 is 9.62 Å². The summed E-state index contributed by atoms with van der Waals surface area (Å²) in [6.45, 7) is 5.75. The first kappa shape index (κ1) is 18.0. The molecular weight excluding hydrogens is 356 g/mol. The highest BCUT2D eigenvalue weighted by Crippen LogP contribution is 2.27. The molecule has 118 valence electrons. The highest BCUT2D eigenvalue weighted by Gasteiger charge is 2.21. The molecule has 0 saturated carbocycles. The summed E-state index contributed by atoms with van der Waals surface area (Å²) in [5.41, 5.74) is 0.198. The molecule has 21 heavy (non-hydrogen) atoms. The number of nitrogens with zero attached hydrogens (tertiary/aromatic N) is 1. The number of rotatable bonds is 5. The number of nitrogens with one attached hydrogen (secondary N) is 1. The van der Waals surface area contributed by atoms with Gasteiger partial charge in [0, 0.05) is 23.0 Å². The third kappa shape index (κ3) is 6.05. The predicted molar refractivity (Wildman–Crippen MR) is 88.8 cm³/mol. The van der Waals surface area contributed by atoms with Crippen molar-refractivity contribution in [2.24, 2.45) is 0 Å². The second kappa shape index (κ2) is 6.79. The summed E-state index contributed by atoms with van der Waals surface area (Å²) in [5, 5.41) is 2.82. The minimum absolute atomic E-state index is 0.101. The van der Waals surface area contributed by atoms with Gasteiger partial charge in [-0.15, -0.1) is 0 Å². The number of hydrogen-bond acceptors (Lipinski definition) is 3. The lowest BCUT2D eigenvalue weighted by atomic mass is 10.1. The fourth-order valence-corrected chi connectivity index (χ4v) is 3.36. The minimum Gasteiger partial charge on any atom is -0.351 e. The number of anilines is 1. The van der Waals surface area contributed by atoms with Gasteiger partial charge in [0.25, 0.3) is 0 Å². The van der Waals surface area contributed by atoms with Crippen LogP contribution in [0.25, 0.3) is 0 Å². The zero-order chi connectivity index (χ0) is 16.3. The van der Waals surface area contributed by atoms with Crippen molar-refractivity contribution in [3.63, 3.8) is 0 Å². The van der Waals surface area contributed by atoms with Crippen molar-refractivity contribution in [1.82, 2.24) is 5.32 Å². The minimum atomic E-state index is -3.46. The molecule has 0 atom stereocenters. The van der Waals surface area contributed by atoms with E-state index in [1.54, 1.807) is 24.3 Å². The van der Waals surface area contributed by atoms with Gasteiger partial charge in [-0.1, -0.05) is 12.1 Å². The molecule has 1 N–H and O–H groups in total. The van der Waals surface area contributed by atoms with Crippen LogP contribution in [0.3, 0.4) is 0 Å². The van der Waals surface area contributed by atoms with Gasteiger partial charge in [-0.3, -0.25) is 9.10 Å². The summed E-state index contributed by atoms with van der Waals surface area (Å²) in [7, 11) is -3.46. The number of carbonyl (C=O) groups excluding carboxylic acids is 1. The predicted octanol–water partition coefficient (Wildman–Crippen LogP) is 2.52. The summed E-state index contributed by atoms with van der Waals surface area (Å²) in [6, 6.07) is 7.03. The van der Waals surface area contributed by atoms with E-state index in [-0.39, 0.29) is 24.4 Å². The Hall–Kier alpha value is -1.08. The summed E-state index contributed by atoms with van der Waals surface area (Å²) in [4.78, 5) is 11.9. The first-order valence-electron chi connectivity index (χ1n) is 6.54. The molecule has 0 spiro atoms. The van der Waals surface area contributed by atoms with Crippen LogP contribution in [0.5, 0.6) is 0 Å². The van der Waals surface area contributed by atoms with Crippen LogP contribution in [0.1, 0.15) is 27.2 Å². The standard InChI is InChI=1S/C14H21BrN2O3S/c1-14(2,3)16-13(18)9-10-17(21(4,19)20)12-8-6-5-7-11(12)15/h5-8H,9-10H2,1-4H3,(H,16,18). The van der Waals surface area contributed by atoms with Gasteiger partial charge < -0.3 is 5.32 Å². The molecule has 1 rings (SSSR count). The second-order valence-corrected chi connectivity index (χ2v) is 8.60. The van der Waals surface area contributed by atoms with Crippen LogP contribution in [-0.2, 0) is 14.8 Å². The van der Waals surface area contributed by atoms with Crippen molar-refractivity contribution in [3.05, 3.63) is 28.7 Å². The summed E-state index contributed by atoms with van der Waals surface area (Å²) >= 11 is 3.34. The van der Waals surface area contributed by atoms with Crippen molar-refractivity contribution in [2.75, 3.05) is 17.1 Å². The number of sulfonamides is 1. The van der Waals surface area contributed by atoms with Gasteiger partial charge in [-0.05, 0) is 48.8 Å². The smallest absolute Gasteiger partial charge is 0.232 e. The molecule has 1 amide bonds. The lowest BCUT2D eigenvalue weighted by Crippen LogP contribution is -2.42. The molecule has 0 bridgehead atoms. The van der Waals surface area contributed by atoms with Crippen molar-refractivity contribution in [1.29, 1.82) is 0 Å². The van der Waals surface area contributed by atoms with E-state index in [2.05, 4.69) is 21.2 Å². The Kier molecular flexibility index (Phi) is 5.81. The largest absolute Gasteiger partial charge is 0.351 e. The van der Waals surface area contributed by atoms with Crippen LogP contribution >= 0.6 is 15.9 Å². The van der Waals surface area contributed by atoms with Gasteiger partial charge in [0.05, 0.1) is 11.9 Å².